The number of carbonyl (C=O) groups excluding carboxylic acids is 1. The topological polar surface area (TPSA) is 155 Å². The lowest BCUT2D eigenvalue weighted by Gasteiger charge is -2.32. The first-order chi connectivity index (χ1) is 24.0. The van der Waals surface area contributed by atoms with Crippen molar-refractivity contribution in [2.75, 3.05) is 34.4 Å². The highest BCUT2D eigenvalue weighted by molar-refractivity contribution is 7.87. The zero-order valence-corrected chi connectivity index (χ0v) is 28.4. The predicted molar refractivity (Wildman–Crippen MR) is 169 cm³/mol. The Morgan fingerprint density at radius 3 is 2.45 bits per heavy atom. The summed E-state index contributed by atoms with van der Waals surface area (Å²) in [4.78, 5) is 30.0. The molecule has 272 valence electrons. The number of imidazole rings is 2. The van der Waals surface area contributed by atoms with Gasteiger partial charge in [0, 0.05) is 25.9 Å². The van der Waals surface area contributed by atoms with E-state index < -0.39 is 52.3 Å². The van der Waals surface area contributed by atoms with E-state index in [9.17, 15) is 26.4 Å². The number of rotatable bonds is 10. The van der Waals surface area contributed by atoms with Crippen LogP contribution in [0.15, 0.2) is 43.0 Å². The van der Waals surface area contributed by atoms with Crippen LogP contribution >= 0.6 is 0 Å². The maximum absolute atomic E-state index is 15.6. The van der Waals surface area contributed by atoms with Crippen molar-refractivity contribution in [2.45, 2.75) is 45.0 Å². The summed E-state index contributed by atoms with van der Waals surface area (Å²) in [7, 11) is -0.0941. The van der Waals surface area contributed by atoms with Crippen molar-refractivity contribution >= 4 is 22.1 Å². The van der Waals surface area contributed by atoms with Crippen molar-refractivity contribution in [1.29, 1.82) is 0 Å². The van der Waals surface area contributed by atoms with Gasteiger partial charge in [0.15, 0.2) is 5.82 Å². The first-order valence-electron chi connectivity index (χ1n) is 15.4. The van der Waals surface area contributed by atoms with Crippen LogP contribution in [0.25, 0.3) is 28.7 Å². The van der Waals surface area contributed by atoms with Gasteiger partial charge < -0.3 is 9.47 Å². The molecule has 0 bridgehead atoms. The second kappa shape index (κ2) is 13.2. The molecule has 0 spiro atoms. The van der Waals surface area contributed by atoms with E-state index in [0.717, 1.165) is 30.4 Å². The number of methoxy groups -OCH3 is 1. The van der Waals surface area contributed by atoms with Crippen LogP contribution in [0.4, 0.5) is 26.7 Å². The van der Waals surface area contributed by atoms with E-state index >= 15 is 8.78 Å². The fraction of sp³-hybridized carbons (Fsp3) is 0.400. The average Bonchev–Trinajstić information content (AvgIpc) is 3.81. The molecule has 21 heteroatoms. The summed E-state index contributed by atoms with van der Waals surface area (Å²) in [6.45, 7) is 0.285. The van der Waals surface area contributed by atoms with Crippen molar-refractivity contribution in [3.8, 4) is 28.7 Å². The SMILES string of the molecule is CCCCOC(=O)N1Cc2cn3c(-c4cn(S(=O)(=O)N(C)C)cn4)c(-c4nc(C(F)(F)F)nn4Cc4ccc(OC)cc4)nc3nc2C(F)(F)C1. The van der Waals surface area contributed by atoms with Crippen LogP contribution < -0.4 is 4.74 Å². The number of hydrogen-bond acceptors (Lipinski definition) is 10. The summed E-state index contributed by atoms with van der Waals surface area (Å²) >= 11 is 0. The summed E-state index contributed by atoms with van der Waals surface area (Å²) in [5.74, 6) is -5.49. The third-order valence-electron chi connectivity index (χ3n) is 7.93. The van der Waals surface area contributed by atoms with Crippen LogP contribution in [0, 0.1) is 0 Å². The minimum absolute atomic E-state index is 0.0339. The minimum atomic E-state index is -4.99. The van der Waals surface area contributed by atoms with Crippen molar-refractivity contribution < 1.29 is 44.6 Å². The molecule has 4 aromatic heterocycles. The lowest BCUT2D eigenvalue weighted by Crippen LogP contribution is -2.44. The molecule has 0 N–H and O–H groups in total. The highest BCUT2D eigenvalue weighted by atomic mass is 32.2. The Balaban J connectivity index is 1.56. The zero-order chi connectivity index (χ0) is 36.9. The maximum Gasteiger partial charge on any atom is 0.453 e. The third-order valence-corrected chi connectivity index (χ3v) is 9.59. The maximum atomic E-state index is 15.6. The van der Waals surface area contributed by atoms with Crippen LogP contribution in [0.2, 0.25) is 0 Å². The zero-order valence-electron chi connectivity index (χ0n) is 27.6. The van der Waals surface area contributed by atoms with Crippen molar-refractivity contribution in [2.24, 2.45) is 0 Å². The van der Waals surface area contributed by atoms with Gasteiger partial charge in [-0.3, -0.25) is 9.30 Å². The number of aromatic nitrogens is 8. The number of fused-ring (bicyclic) bond motifs is 2. The number of amides is 1. The number of benzene rings is 1. The van der Waals surface area contributed by atoms with E-state index in [1.54, 1.807) is 24.3 Å². The first kappa shape index (κ1) is 35.6. The molecule has 15 nitrogen and oxygen atoms in total. The van der Waals surface area contributed by atoms with Gasteiger partial charge in [-0.1, -0.05) is 25.5 Å². The Hall–Kier alpha value is -5.18. The summed E-state index contributed by atoms with van der Waals surface area (Å²) < 4.78 is 113. The molecule has 6 rings (SSSR count). The Morgan fingerprint density at radius 2 is 1.80 bits per heavy atom. The summed E-state index contributed by atoms with van der Waals surface area (Å²) in [6.07, 6.45) is -1.45. The molecule has 0 atom stereocenters. The van der Waals surface area contributed by atoms with Gasteiger partial charge in [-0.05, 0) is 24.1 Å². The van der Waals surface area contributed by atoms with Crippen molar-refractivity contribution in [1.82, 2.24) is 47.3 Å². The third kappa shape index (κ3) is 6.81. The van der Waals surface area contributed by atoms with Gasteiger partial charge in [-0.25, -0.2) is 33.4 Å². The van der Waals surface area contributed by atoms with Crippen molar-refractivity contribution in [3.63, 3.8) is 0 Å². The Bertz CT molecular complexity index is 2200. The molecular formula is C30H31F5N10O5S. The second-order valence-electron chi connectivity index (χ2n) is 11.8. The number of ether oxygens (including phenoxy) is 2. The van der Waals surface area contributed by atoms with Gasteiger partial charge in [0.05, 0.1) is 39.5 Å². The van der Waals surface area contributed by atoms with Gasteiger partial charge in [0.2, 0.25) is 5.78 Å². The normalized spacial score (nSPS) is 14.7. The second-order valence-corrected chi connectivity index (χ2v) is 13.8. The van der Waals surface area contributed by atoms with Gasteiger partial charge in [-0.2, -0.15) is 34.7 Å². The van der Waals surface area contributed by atoms with Gasteiger partial charge in [-0.15, -0.1) is 5.10 Å². The van der Waals surface area contributed by atoms with E-state index in [4.69, 9.17) is 9.47 Å². The van der Waals surface area contributed by atoms with E-state index in [0.29, 0.717) is 24.2 Å². The van der Waals surface area contributed by atoms with Gasteiger partial charge in [0.25, 0.3) is 5.82 Å². The Morgan fingerprint density at radius 1 is 1.08 bits per heavy atom. The fourth-order valence-electron chi connectivity index (χ4n) is 5.34. The molecule has 1 aliphatic heterocycles. The minimum Gasteiger partial charge on any atom is -0.497 e. The summed E-state index contributed by atoms with van der Waals surface area (Å²) in [6, 6.07) is 6.41. The molecule has 0 fully saturated rings. The lowest BCUT2D eigenvalue weighted by molar-refractivity contribution is -0.144. The first-order valence-corrected chi connectivity index (χ1v) is 16.8. The molecular weight excluding hydrogens is 707 g/mol. The van der Waals surface area contributed by atoms with Crippen LogP contribution in [0.1, 0.15) is 42.4 Å². The monoisotopic (exact) mass is 738 g/mol. The van der Waals surface area contributed by atoms with Gasteiger partial charge in [0.1, 0.15) is 34.9 Å². The number of halogens is 5. The number of carbonyl (C=O) groups is 1. The lowest BCUT2D eigenvalue weighted by atomic mass is 10.0. The predicted octanol–water partition coefficient (Wildman–Crippen LogP) is 4.43. The molecule has 5 heterocycles. The molecule has 0 saturated carbocycles. The largest absolute Gasteiger partial charge is 0.497 e. The van der Waals surface area contributed by atoms with E-state index in [2.05, 4.69) is 25.0 Å². The number of hydrogen-bond donors (Lipinski definition) is 0. The molecule has 5 aromatic rings. The van der Waals surface area contributed by atoms with Crippen LogP contribution in [-0.4, -0.2) is 96.2 Å². The van der Waals surface area contributed by atoms with E-state index in [1.165, 1.54) is 31.8 Å². The molecule has 1 aromatic carbocycles. The number of alkyl halides is 5. The molecule has 51 heavy (non-hydrogen) atoms. The van der Waals surface area contributed by atoms with Crippen LogP contribution in [0.5, 0.6) is 5.75 Å². The van der Waals surface area contributed by atoms with E-state index in [-0.39, 0.29) is 48.1 Å². The van der Waals surface area contributed by atoms with Crippen LogP contribution in [-0.2, 0) is 40.1 Å². The van der Waals surface area contributed by atoms with Gasteiger partial charge >= 0.3 is 28.4 Å². The standard InChI is InChI=1S/C30H31F5N10O5S/c1-5-6-11-50-28(46)42-13-19-14-44-23(21-15-43(17-36-21)51(47,48)41(2)3)22(37-27(44)38-24(19)29(31,32)16-42)25-39-26(30(33,34)35)40-45(25)12-18-7-9-20(49-4)10-8-18/h7-10,14-15,17H,5-6,11-13,16H2,1-4H3. The highest BCUT2D eigenvalue weighted by Gasteiger charge is 2.45. The molecule has 0 radical (unpaired) electrons. The van der Waals surface area contributed by atoms with Crippen LogP contribution in [0.3, 0.4) is 0 Å². The highest BCUT2D eigenvalue weighted by Crippen LogP contribution is 2.39. The number of unbranched alkanes of at least 4 members (excludes halogenated alkanes) is 1. The Labute approximate surface area is 287 Å². The molecule has 1 amide bonds. The summed E-state index contributed by atoms with van der Waals surface area (Å²) in [5, 5.41) is 3.70. The Kier molecular flexibility index (Phi) is 9.21. The fourth-order valence-corrected chi connectivity index (χ4v) is 6.12. The average molecular weight is 739 g/mol. The molecule has 0 aliphatic carbocycles. The molecule has 1 aliphatic rings. The quantitative estimate of drug-likeness (QED) is 0.149. The summed E-state index contributed by atoms with van der Waals surface area (Å²) in [5.41, 5.74) is -0.888. The molecule has 0 unspecified atom stereocenters. The van der Waals surface area contributed by atoms with Crippen molar-refractivity contribution in [3.05, 3.63) is 65.6 Å². The molecule has 0 saturated heterocycles. The number of nitrogens with zero attached hydrogens (tertiary/aromatic N) is 10. The smallest absolute Gasteiger partial charge is 0.453 e. The van der Waals surface area contributed by atoms with E-state index in [1.807, 2.05) is 6.92 Å².